The monoisotopic (exact) mass is 492 g/mol. The largest absolute Gasteiger partial charge is 0.480 e. The number of carbonyl (C=O) groups excluding carboxylic acids is 2. The molecule has 1 fully saturated rings. The Hall–Kier alpha value is -3.65. The third-order valence-corrected chi connectivity index (χ3v) is 6.92. The van der Waals surface area contributed by atoms with Crippen LogP contribution in [0, 0.1) is 5.92 Å². The molecular weight excluding hydrogens is 460 g/mol. The van der Waals surface area contributed by atoms with E-state index < -0.39 is 18.1 Å². The van der Waals surface area contributed by atoms with Crippen molar-refractivity contribution in [3.63, 3.8) is 0 Å². The maximum Gasteiger partial charge on any atom is 0.407 e. The minimum atomic E-state index is -1.08. The predicted octanol–water partition coefficient (Wildman–Crippen LogP) is 3.81. The number of ether oxygens (including phenoxy) is 2. The number of nitrogens with zero attached hydrogens (tertiary/aromatic N) is 1. The van der Waals surface area contributed by atoms with E-state index in [1.807, 2.05) is 41.3 Å². The van der Waals surface area contributed by atoms with E-state index >= 15 is 0 Å². The molecule has 1 aliphatic carbocycles. The van der Waals surface area contributed by atoms with Crippen LogP contribution in [0.1, 0.15) is 36.3 Å². The molecule has 190 valence electrons. The van der Waals surface area contributed by atoms with Gasteiger partial charge in [0.2, 0.25) is 0 Å². The Labute approximate surface area is 210 Å². The molecule has 0 radical (unpaired) electrons. The topological polar surface area (TPSA) is 105 Å². The number of carboxylic acids is 1. The second-order valence-corrected chi connectivity index (χ2v) is 9.29. The van der Waals surface area contributed by atoms with E-state index in [0.29, 0.717) is 19.5 Å². The number of likely N-dealkylation sites (tertiary alicyclic amines) is 1. The van der Waals surface area contributed by atoms with Gasteiger partial charge in [-0.3, -0.25) is 9.69 Å². The molecule has 0 bridgehead atoms. The quantitative estimate of drug-likeness (QED) is 0.384. The summed E-state index contributed by atoms with van der Waals surface area (Å²) in [6.45, 7) is 5.40. The maximum atomic E-state index is 12.6. The van der Waals surface area contributed by atoms with Gasteiger partial charge < -0.3 is 19.9 Å². The van der Waals surface area contributed by atoms with Crippen molar-refractivity contribution < 1.29 is 29.0 Å². The fourth-order valence-electron chi connectivity index (χ4n) is 5.10. The predicted molar refractivity (Wildman–Crippen MR) is 135 cm³/mol. The minimum absolute atomic E-state index is 0.0890. The summed E-state index contributed by atoms with van der Waals surface area (Å²) in [4.78, 5) is 38.2. The Morgan fingerprint density at radius 2 is 1.64 bits per heavy atom. The van der Waals surface area contributed by atoms with Gasteiger partial charge in [-0.05, 0) is 60.5 Å². The summed E-state index contributed by atoms with van der Waals surface area (Å²) in [5, 5.41) is 12.2. The summed E-state index contributed by atoms with van der Waals surface area (Å²) in [5.74, 6) is -1.35. The lowest BCUT2D eigenvalue weighted by Gasteiger charge is -2.32. The Morgan fingerprint density at radius 1 is 1.03 bits per heavy atom. The average molecular weight is 493 g/mol. The van der Waals surface area contributed by atoms with Crippen LogP contribution in [0.5, 0.6) is 0 Å². The number of piperidine rings is 1. The van der Waals surface area contributed by atoms with Crippen LogP contribution in [0.15, 0.2) is 61.2 Å². The number of benzene rings is 2. The Kier molecular flexibility index (Phi) is 8.38. The molecule has 36 heavy (non-hydrogen) atoms. The van der Waals surface area contributed by atoms with Crippen molar-refractivity contribution in [3.05, 3.63) is 72.3 Å². The third-order valence-electron chi connectivity index (χ3n) is 6.92. The van der Waals surface area contributed by atoms with Crippen LogP contribution in [-0.4, -0.2) is 66.9 Å². The van der Waals surface area contributed by atoms with Crippen LogP contribution in [0.4, 0.5) is 4.79 Å². The summed E-state index contributed by atoms with van der Waals surface area (Å²) >= 11 is 0. The molecule has 0 saturated carbocycles. The van der Waals surface area contributed by atoms with E-state index in [1.54, 1.807) is 0 Å². The van der Waals surface area contributed by atoms with Crippen molar-refractivity contribution in [3.8, 4) is 11.1 Å². The number of carboxylic acid groups (broad SMARTS) is 1. The van der Waals surface area contributed by atoms with Gasteiger partial charge >= 0.3 is 18.0 Å². The summed E-state index contributed by atoms with van der Waals surface area (Å²) in [6.07, 6.45) is 2.59. The lowest BCUT2D eigenvalue weighted by atomic mass is 9.90. The number of aliphatic carboxylic acids is 1. The lowest BCUT2D eigenvalue weighted by molar-refractivity contribution is -0.144. The molecule has 1 aliphatic heterocycles. The Morgan fingerprint density at radius 3 is 2.22 bits per heavy atom. The maximum absolute atomic E-state index is 12.6. The van der Waals surface area contributed by atoms with Gasteiger partial charge in [-0.25, -0.2) is 9.59 Å². The highest BCUT2D eigenvalue weighted by atomic mass is 16.5. The zero-order chi connectivity index (χ0) is 25.5. The molecule has 0 aromatic heterocycles. The highest BCUT2D eigenvalue weighted by molar-refractivity contribution is 5.81. The number of alkyl carbamates (subject to hydrolysis) is 1. The first kappa shape index (κ1) is 25.4. The zero-order valence-corrected chi connectivity index (χ0v) is 20.2. The first-order valence-electron chi connectivity index (χ1n) is 12.3. The molecule has 4 rings (SSSR count). The molecule has 1 heterocycles. The Balaban J connectivity index is 1.27. The molecular formula is C28H32N2O6. The fourth-order valence-corrected chi connectivity index (χ4v) is 5.10. The number of nitrogens with one attached hydrogen (secondary N) is 1. The number of rotatable bonds is 10. The van der Waals surface area contributed by atoms with Crippen molar-refractivity contribution >= 4 is 18.0 Å². The zero-order valence-electron chi connectivity index (χ0n) is 20.2. The molecule has 2 aliphatic rings. The van der Waals surface area contributed by atoms with E-state index in [9.17, 15) is 19.5 Å². The molecule has 0 spiro atoms. The van der Waals surface area contributed by atoms with Gasteiger partial charge in [0.1, 0.15) is 19.3 Å². The van der Waals surface area contributed by atoms with Crippen LogP contribution in [0.2, 0.25) is 0 Å². The van der Waals surface area contributed by atoms with Crippen molar-refractivity contribution in [1.29, 1.82) is 0 Å². The van der Waals surface area contributed by atoms with Gasteiger partial charge in [-0.15, -0.1) is 0 Å². The summed E-state index contributed by atoms with van der Waals surface area (Å²) < 4.78 is 10.5. The molecule has 1 amide bonds. The molecule has 2 aromatic rings. The molecule has 0 unspecified atom stereocenters. The molecule has 1 atom stereocenters. The molecule has 8 nitrogen and oxygen atoms in total. The number of amides is 1. The molecule has 2 aromatic carbocycles. The van der Waals surface area contributed by atoms with Crippen molar-refractivity contribution in [2.45, 2.75) is 31.2 Å². The van der Waals surface area contributed by atoms with Gasteiger partial charge in [0.25, 0.3) is 0 Å². The lowest BCUT2D eigenvalue weighted by Crippen LogP contribution is -2.44. The van der Waals surface area contributed by atoms with Crippen LogP contribution < -0.4 is 5.32 Å². The summed E-state index contributed by atoms with van der Waals surface area (Å²) in [5.41, 5.74) is 4.46. The SMILES string of the molecule is C=CCOC(=O)CN1CCC(C[C@H](NC(=O)OCC2c3ccccc3-c3ccccc32)C(=O)O)CC1. The fraction of sp³-hybridized carbons (Fsp3) is 0.393. The number of hydrogen-bond donors (Lipinski definition) is 2. The van der Waals surface area contributed by atoms with Gasteiger partial charge in [0.15, 0.2) is 0 Å². The highest BCUT2D eigenvalue weighted by Crippen LogP contribution is 2.44. The summed E-state index contributed by atoms with van der Waals surface area (Å²) in [7, 11) is 0. The third kappa shape index (κ3) is 6.12. The van der Waals surface area contributed by atoms with Crippen LogP contribution in [0.25, 0.3) is 11.1 Å². The highest BCUT2D eigenvalue weighted by Gasteiger charge is 2.31. The van der Waals surface area contributed by atoms with Gasteiger partial charge in [-0.2, -0.15) is 0 Å². The van der Waals surface area contributed by atoms with Crippen molar-refractivity contribution in [2.24, 2.45) is 5.92 Å². The Bertz CT molecular complexity index is 1060. The number of esters is 1. The van der Waals surface area contributed by atoms with Gasteiger partial charge in [0.05, 0.1) is 6.54 Å². The molecule has 8 heteroatoms. The summed E-state index contributed by atoms with van der Waals surface area (Å²) in [6, 6.07) is 15.1. The standard InChI is InChI=1S/C28H32N2O6/c1-2-15-35-26(31)17-30-13-11-19(12-14-30)16-25(27(32)33)29-28(34)36-18-24-22-9-5-3-7-20(22)21-8-4-6-10-23(21)24/h2-10,19,24-25H,1,11-18H2,(H,29,34)(H,32,33)/t25-/m0/s1. The van der Waals surface area contributed by atoms with Crippen LogP contribution in [-0.2, 0) is 19.1 Å². The minimum Gasteiger partial charge on any atom is -0.480 e. The molecule has 2 N–H and O–H groups in total. The number of fused-ring (bicyclic) bond motifs is 3. The van der Waals surface area contributed by atoms with E-state index in [0.717, 1.165) is 35.1 Å². The van der Waals surface area contributed by atoms with Gasteiger partial charge in [0, 0.05) is 5.92 Å². The molecule has 1 saturated heterocycles. The van der Waals surface area contributed by atoms with Crippen LogP contribution >= 0.6 is 0 Å². The van der Waals surface area contributed by atoms with E-state index in [1.165, 1.54) is 6.08 Å². The van der Waals surface area contributed by atoms with Crippen LogP contribution in [0.3, 0.4) is 0 Å². The average Bonchev–Trinajstić information content (AvgIpc) is 3.20. The number of carbonyl (C=O) groups is 3. The van der Waals surface area contributed by atoms with Crippen molar-refractivity contribution in [2.75, 3.05) is 32.8 Å². The first-order chi connectivity index (χ1) is 17.5. The van der Waals surface area contributed by atoms with E-state index in [2.05, 4.69) is 24.0 Å². The normalized spacial score (nSPS) is 16.4. The van der Waals surface area contributed by atoms with Gasteiger partial charge in [-0.1, -0.05) is 61.2 Å². The number of hydrogen-bond acceptors (Lipinski definition) is 6. The second kappa shape index (κ2) is 11.9. The first-order valence-corrected chi connectivity index (χ1v) is 12.3. The van der Waals surface area contributed by atoms with Crippen molar-refractivity contribution in [1.82, 2.24) is 10.2 Å². The van der Waals surface area contributed by atoms with E-state index in [-0.39, 0.29) is 37.6 Å². The second-order valence-electron chi connectivity index (χ2n) is 9.29. The smallest absolute Gasteiger partial charge is 0.407 e. The van der Waals surface area contributed by atoms with E-state index in [4.69, 9.17) is 9.47 Å².